The number of nitriles is 1. The lowest BCUT2D eigenvalue weighted by Gasteiger charge is -2.37. The topological polar surface area (TPSA) is 183 Å². The molecule has 14 heteroatoms. The van der Waals surface area contributed by atoms with Crippen LogP contribution in [-0.2, 0) is 24.5 Å². The molecule has 0 saturated carbocycles. The first-order valence-corrected chi connectivity index (χ1v) is 16.2. The average Bonchev–Trinajstić information content (AvgIpc) is 3.46. The van der Waals surface area contributed by atoms with Gasteiger partial charge in [0, 0.05) is 18.3 Å². The van der Waals surface area contributed by atoms with Crippen molar-refractivity contribution in [3.05, 3.63) is 128 Å². The van der Waals surface area contributed by atoms with Crippen LogP contribution in [0.4, 0.5) is 4.79 Å². The molecule has 51 heavy (non-hydrogen) atoms. The van der Waals surface area contributed by atoms with E-state index in [0.29, 0.717) is 11.5 Å². The smallest absolute Gasteiger partial charge is 0.407 e. The molecule has 5 rings (SSSR count). The molecule has 2 heterocycles. The maximum absolute atomic E-state index is 13.0. The number of nitrogens with zero attached hydrogens (tertiary/aromatic N) is 2. The molecule has 1 aliphatic rings. The number of methoxy groups -OCH3 is 2. The molecule has 0 unspecified atom stereocenters. The van der Waals surface area contributed by atoms with Crippen LogP contribution in [0.2, 0.25) is 0 Å². The van der Waals surface area contributed by atoms with Crippen LogP contribution in [0.25, 0.3) is 0 Å². The third-order valence-electron chi connectivity index (χ3n) is 8.50. The van der Waals surface area contributed by atoms with Gasteiger partial charge in [0.2, 0.25) is 0 Å². The van der Waals surface area contributed by atoms with Gasteiger partial charge in [-0.2, -0.15) is 5.26 Å². The van der Waals surface area contributed by atoms with Gasteiger partial charge in [-0.05, 0) is 47.9 Å². The van der Waals surface area contributed by atoms with Crippen molar-refractivity contribution in [2.45, 2.75) is 43.5 Å². The van der Waals surface area contributed by atoms with Crippen LogP contribution in [0.3, 0.4) is 0 Å². The number of rotatable bonds is 15. The van der Waals surface area contributed by atoms with Gasteiger partial charge in [-0.25, -0.2) is 9.59 Å². The van der Waals surface area contributed by atoms with Crippen molar-refractivity contribution in [3.63, 3.8) is 0 Å². The Morgan fingerprint density at radius 1 is 0.961 bits per heavy atom. The Hall–Kier alpha value is -5.46. The van der Waals surface area contributed by atoms with Crippen LogP contribution in [-0.4, -0.2) is 79.6 Å². The molecule has 3 aromatic carbocycles. The maximum atomic E-state index is 13.0. The monoisotopic (exact) mass is 700 g/mol. The Bertz CT molecular complexity index is 1860. The van der Waals surface area contributed by atoms with Crippen molar-refractivity contribution in [3.8, 4) is 17.6 Å². The first-order chi connectivity index (χ1) is 24.7. The molecule has 1 saturated heterocycles. The highest BCUT2D eigenvalue weighted by molar-refractivity contribution is 5.67. The zero-order valence-corrected chi connectivity index (χ0v) is 28.4. The summed E-state index contributed by atoms with van der Waals surface area (Å²) < 4.78 is 36.2. The molecular weight excluding hydrogens is 660 g/mol. The molecular formula is C37H40N4O10. The number of aromatic nitrogens is 2. The summed E-state index contributed by atoms with van der Waals surface area (Å²) in [7, 11) is 3.17. The van der Waals surface area contributed by atoms with Gasteiger partial charge in [0.1, 0.15) is 42.0 Å². The standard InChI is InChI=1S/C37H40N4O10/c1-24-22-41(35(44)40-33(24)43)34-32(48-21-19-39-36(45)49-20-7-18-38)31(42)30(51-34)23-50-37(25-8-5-4-6-9-25,26-10-14-28(46-2)15-11-26)27-12-16-29(47-3)17-13-27/h4-6,8-17,22,30-32,34,42H,7,19-21,23H2,1-3H3,(H,39,45)(H,40,43,44)/t30-,31-,32-,34-/m1/s1. The number of hydrogen-bond donors (Lipinski definition) is 3. The lowest BCUT2D eigenvalue weighted by molar-refractivity contribution is -0.0980. The Morgan fingerprint density at radius 2 is 1.57 bits per heavy atom. The fourth-order valence-corrected chi connectivity index (χ4v) is 5.91. The van der Waals surface area contributed by atoms with Gasteiger partial charge < -0.3 is 38.8 Å². The van der Waals surface area contributed by atoms with Gasteiger partial charge in [0.05, 0.1) is 39.9 Å². The highest BCUT2D eigenvalue weighted by Gasteiger charge is 2.48. The molecule has 14 nitrogen and oxygen atoms in total. The second-order valence-corrected chi connectivity index (χ2v) is 11.7. The summed E-state index contributed by atoms with van der Waals surface area (Å²) in [6.07, 6.45) is -3.98. The number of alkyl carbamates (subject to hydrolysis) is 1. The van der Waals surface area contributed by atoms with Crippen molar-refractivity contribution in [2.24, 2.45) is 0 Å². The molecule has 4 aromatic rings. The van der Waals surface area contributed by atoms with Gasteiger partial charge in [-0.3, -0.25) is 14.3 Å². The molecule has 0 radical (unpaired) electrons. The van der Waals surface area contributed by atoms with Gasteiger partial charge >= 0.3 is 11.8 Å². The number of aryl methyl sites for hydroxylation is 1. The summed E-state index contributed by atoms with van der Waals surface area (Å²) in [6.45, 7) is 1.20. The van der Waals surface area contributed by atoms with Crippen molar-refractivity contribution < 1.29 is 38.3 Å². The van der Waals surface area contributed by atoms with Crippen molar-refractivity contribution >= 4 is 6.09 Å². The predicted octanol–water partition coefficient (Wildman–Crippen LogP) is 3.15. The number of hydrogen-bond acceptors (Lipinski definition) is 11. The fourth-order valence-electron chi connectivity index (χ4n) is 5.91. The summed E-state index contributed by atoms with van der Waals surface area (Å²) in [5.41, 5.74) is 0.0180. The predicted molar refractivity (Wildman–Crippen MR) is 184 cm³/mol. The van der Waals surface area contributed by atoms with Crippen LogP contribution < -0.4 is 26.0 Å². The summed E-state index contributed by atoms with van der Waals surface area (Å²) in [5.74, 6) is 1.30. The van der Waals surface area contributed by atoms with E-state index in [1.165, 1.54) is 13.1 Å². The lowest BCUT2D eigenvalue weighted by atomic mass is 9.80. The van der Waals surface area contributed by atoms with Crippen LogP contribution in [0, 0.1) is 18.3 Å². The number of aliphatic hydroxyl groups is 1. The van der Waals surface area contributed by atoms with Crippen LogP contribution in [0.1, 0.15) is 34.9 Å². The summed E-state index contributed by atoms with van der Waals surface area (Å²) in [4.78, 5) is 39.4. The number of amides is 1. The summed E-state index contributed by atoms with van der Waals surface area (Å²) in [6, 6.07) is 26.4. The number of H-pyrrole nitrogens is 1. The van der Waals surface area contributed by atoms with E-state index in [4.69, 9.17) is 33.7 Å². The highest BCUT2D eigenvalue weighted by Crippen LogP contribution is 2.43. The zero-order valence-electron chi connectivity index (χ0n) is 28.4. The first-order valence-electron chi connectivity index (χ1n) is 16.2. The first kappa shape index (κ1) is 36.8. The van der Waals surface area contributed by atoms with E-state index in [-0.39, 0.29) is 38.3 Å². The molecule has 0 bridgehead atoms. The fraction of sp³-hybridized carbons (Fsp3) is 0.351. The number of nitrogens with one attached hydrogen (secondary N) is 2. The van der Waals surface area contributed by atoms with E-state index in [0.717, 1.165) is 21.3 Å². The molecule has 1 fully saturated rings. The minimum atomic E-state index is -1.32. The average molecular weight is 701 g/mol. The number of carbonyl (C=O) groups excluding carboxylic acids is 1. The lowest BCUT2D eigenvalue weighted by Crippen LogP contribution is -2.42. The van der Waals surface area contributed by atoms with E-state index in [2.05, 4.69) is 10.3 Å². The number of benzene rings is 3. The second kappa shape index (κ2) is 17.0. The van der Waals surface area contributed by atoms with E-state index in [9.17, 15) is 19.5 Å². The highest BCUT2D eigenvalue weighted by atomic mass is 16.6. The van der Waals surface area contributed by atoms with Gasteiger partial charge in [-0.1, -0.05) is 54.6 Å². The molecule has 0 spiro atoms. The number of aromatic amines is 1. The van der Waals surface area contributed by atoms with Crippen LogP contribution in [0.15, 0.2) is 94.6 Å². The summed E-state index contributed by atoms with van der Waals surface area (Å²) in [5, 5.41) is 22.9. The molecule has 3 N–H and O–H groups in total. The zero-order chi connectivity index (χ0) is 36.4. The molecule has 1 aliphatic heterocycles. The maximum Gasteiger partial charge on any atom is 0.407 e. The van der Waals surface area contributed by atoms with Crippen molar-refractivity contribution in [2.75, 3.05) is 40.6 Å². The Labute approximate surface area is 294 Å². The van der Waals surface area contributed by atoms with E-state index in [1.54, 1.807) is 14.2 Å². The van der Waals surface area contributed by atoms with E-state index >= 15 is 0 Å². The third kappa shape index (κ3) is 8.30. The van der Waals surface area contributed by atoms with Gasteiger partial charge in [-0.15, -0.1) is 0 Å². The van der Waals surface area contributed by atoms with Gasteiger partial charge in [0.15, 0.2) is 6.23 Å². The minimum absolute atomic E-state index is 0.00585. The van der Waals surface area contributed by atoms with Crippen molar-refractivity contribution in [1.29, 1.82) is 5.26 Å². The van der Waals surface area contributed by atoms with Gasteiger partial charge in [0.25, 0.3) is 5.56 Å². The SMILES string of the molecule is COc1ccc(C(OC[C@H]2O[C@@H](n3cc(C)c(=O)[nH]c3=O)[C@H](OCCNC(=O)OCCC#N)[C@@H]2O)(c2ccccc2)c2ccc(OC)cc2)cc1. The number of aliphatic hydroxyl groups excluding tert-OH is 1. The van der Waals surface area contributed by atoms with E-state index < -0.39 is 47.5 Å². The Kier molecular flexibility index (Phi) is 12.2. The van der Waals surface area contributed by atoms with Crippen LogP contribution >= 0.6 is 0 Å². The Morgan fingerprint density at radius 3 is 2.16 bits per heavy atom. The summed E-state index contributed by atoms with van der Waals surface area (Å²) >= 11 is 0. The molecule has 1 amide bonds. The van der Waals surface area contributed by atoms with Crippen LogP contribution in [0.5, 0.6) is 11.5 Å². The van der Waals surface area contributed by atoms with E-state index in [1.807, 2.05) is 84.9 Å². The largest absolute Gasteiger partial charge is 0.497 e. The molecule has 0 aliphatic carbocycles. The normalized spacial score (nSPS) is 18.5. The molecule has 1 aromatic heterocycles. The minimum Gasteiger partial charge on any atom is -0.497 e. The Balaban J connectivity index is 1.48. The second-order valence-electron chi connectivity index (χ2n) is 11.7. The molecule has 268 valence electrons. The third-order valence-corrected chi connectivity index (χ3v) is 8.50. The number of carbonyl (C=O) groups is 1. The quantitative estimate of drug-likeness (QED) is 0.122. The van der Waals surface area contributed by atoms with Crippen molar-refractivity contribution in [1.82, 2.24) is 14.9 Å². The number of ether oxygens (including phenoxy) is 6. The molecule has 4 atom stereocenters.